The zero-order valence-corrected chi connectivity index (χ0v) is 8.99. The molecule has 0 fully saturated rings. The van der Waals surface area contributed by atoms with Gasteiger partial charge in [-0.15, -0.1) is 5.10 Å². The number of rotatable bonds is 1. The molecule has 0 bridgehead atoms. The number of nitrogens with zero attached hydrogens (tertiary/aromatic N) is 2. The van der Waals surface area contributed by atoms with E-state index in [0.29, 0.717) is 5.69 Å². The molecular weight excluding hydrogens is 210 g/mol. The molecule has 1 heterocycles. The van der Waals surface area contributed by atoms with E-state index in [0.717, 1.165) is 11.1 Å². The molecule has 0 radical (unpaired) electrons. The number of anilines is 1. The zero-order chi connectivity index (χ0) is 10.8. The first-order valence-electron chi connectivity index (χ1n) is 4.52. The SMILES string of the molecule is Cc1ccc(-c2cnnc(Cl)c2N)cc1. The molecule has 0 saturated carbocycles. The standard InChI is InChI=1S/C11H10ClN3/c1-7-2-4-8(5-3-7)9-6-14-15-11(12)10(9)13/h2-6H,1H3,(H2,13,14). The Morgan fingerprint density at radius 1 is 1.20 bits per heavy atom. The maximum absolute atomic E-state index is 5.82. The molecule has 4 heteroatoms. The van der Waals surface area contributed by atoms with Crippen LogP contribution in [0.25, 0.3) is 11.1 Å². The third-order valence-electron chi connectivity index (χ3n) is 2.21. The Morgan fingerprint density at radius 2 is 1.87 bits per heavy atom. The number of aromatic nitrogens is 2. The predicted molar refractivity (Wildman–Crippen MR) is 61.6 cm³/mol. The topological polar surface area (TPSA) is 51.8 Å². The Kier molecular flexibility index (Phi) is 2.56. The van der Waals surface area contributed by atoms with Crippen molar-refractivity contribution in [3.63, 3.8) is 0 Å². The summed E-state index contributed by atoms with van der Waals surface area (Å²) in [6, 6.07) is 8.00. The minimum Gasteiger partial charge on any atom is -0.396 e. The van der Waals surface area contributed by atoms with Crippen LogP contribution in [0, 0.1) is 6.92 Å². The minimum atomic E-state index is 0.244. The van der Waals surface area contributed by atoms with E-state index in [1.54, 1.807) is 6.20 Å². The number of nitrogen functional groups attached to an aromatic ring is 1. The van der Waals surface area contributed by atoms with E-state index in [1.165, 1.54) is 5.56 Å². The van der Waals surface area contributed by atoms with Gasteiger partial charge < -0.3 is 5.73 Å². The molecule has 1 aromatic heterocycles. The van der Waals surface area contributed by atoms with Crippen molar-refractivity contribution in [2.24, 2.45) is 0 Å². The lowest BCUT2D eigenvalue weighted by Crippen LogP contribution is -1.95. The van der Waals surface area contributed by atoms with Crippen molar-refractivity contribution in [3.8, 4) is 11.1 Å². The molecule has 2 rings (SSSR count). The van der Waals surface area contributed by atoms with E-state index in [4.69, 9.17) is 17.3 Å². The molecule has 0 aliphatic rings. The van der Waals surface area contributed by atoms with Gasteiger partial charge in [0.1, 0.15) is 0 Å². The van der Waals surface area contributed by atoms with Crippen LogP contribution in [0.1, 0.15) is 5.56 Å². The molecule has 0 amide bonds. The lowest BCUT2D eigenvalue weighted by atomic mass is 10.1. The lowest BCUT2D eigenvalue weighted by molar-refractivity contribution is 1.04. The van der Waals surface area contributed by atoms with Gasteiger partial charge in [-0.25, -0.2) is 0 Å². The normalized spacial score (nSPS) is 10.3. The summed E-state index contributed by atoms with van der Waals surface area (Å²) in [5.74, 6) is 0. The Hall–Kier alpha value is -1.61. The molecule has 0 unspecified atom stereocenters. The van der Waals surface area contributed by atoms with Crippen LogP contribution in [0.5, 0.6) is 0 Å². The molecule has 3 nitrogen and oxygen atoms in total. The fourth-order valence-electron chi connectivity index (χ4n) is 1.33. The van der Waals surface area contributed by atoms with Crippen LogP contribution in [-0.4, -0.2) is 10.2 Å². The number of benzene rings is 1. The van der Waals surface area contributed by atoms with E-state index >= 15 is 0 Å². The molecular formula is C11H10ClN3. The van der Waals surface area contributed by atoms with Crippen LogP contribution in [0.3, 0.4) is 0 Å². The monoisotopic (exact) mass is 219 g/mol. The van der Waals surface area contributed by atoms with Crippen molar-refractivity contribution < 1.29 is 0 Å². The third-order valence-corrected chi connectivity index (χ3v) is 2.49. The summed E-state index contributed by atoms with van der Waals surface area (Å²) in [5.41, 5.74) is 9.30. The van der Waals surface area contributed by atoms with Crippen LogP contribution in [0.15, 0.2) is 30.5 Å². The summed E-state index contributed by atoms with van der Waals surface area (Å²) in [6.07, 6.45) is 1.62. The highest BCUT2D eigenvalue weighted by atomic mass is 35.5. The molecule has 76 valence electrons. The smallest absolute Gasteiger partial charge is 0.175 e. The molecule has 2 N–H and O–H groups in total. The quantitative estimate of drug-likeness (QED) is 0.802. The minimum absolute atomic E-state index is 0.244. The molecule has 0 spiro atoms. The van der Waals surface area contributed by atoms with E-state index in [1.807, 2.05) is 31.2 Å². The molecule has 0 saturated heterocycles. The van der Waals surface area contributed by atoms with Crippen molar-refractivity contribution in [1.29, 1.82) is 0 Å². The Morgan fingerprint density at radius 3 is 2.53 bits per heavy atom. The van der Waals surface area contributed by atoms with E-state index < -0.39 is 0 Å². The Labute approximate surface area is 92.9 Å². The van der Waals surface area contributed by atoms with Crippen molar-refractivity contribution in [1.82, 2.24) is 10.2 Å². The van der Waals surface area contributed by atoms with Crippen LogP contribution >= 0.6 is 11.6 Å². The molecule has 15 heavy (non-hydrogen) atoms. The number of halogens is 1. The average molecular weight is 220 g/mol. The fourth-order valence-corrected chi connectivity index (χ4v) is 1.48. The largest absolute Gasteiger partial charge is 0.396 e. The van der Waals surface area contributed by atoms with Gasteiger partial charge in [0.2, 0.25) is 0 Å². The maximum atomic E-state index is 5.82. The van der Waals surface area contributed by atoms with Gasteiger partial charge in [-0.3, -0.25) is 0 Å². The van der Waals surface area contributed by atoms with Crippen LogP contribution in [-0.2, 0) is 0 Å². The van der Waals surface area contributed by atoms with Crippen LogP contribution in [0.4, 0.5) is 5.69 Å². The number of aryl methyl sites for hydroxylation is 1. The van der Waals surface area contributed by atoms with Gasteiger partial charge in [-0.2, -0.15) is 5.10 Å². The third kappa shape index (κ3) is 1.92. The fraction of sp³-hybridized carbons (Fsp3) is 0.0909. The Bertz CT molecular complexity index is 480. The lowest BCUT2D eigenvalue weighted by Gasteiger charge is -2.05. The maximum Gasteiger partial charge on any atom is 0.175 e. The van der Waals surface area contributed by atoms with Crippen LogP contribution < -0.4 is 5.73 Å². The molecule has 2 aromatic rings. The number of hydrogen-bond donors (Lipinski definition) is 1. The molecule has 1 aromatic carbocycles. The second-order valence-corrected chi connectivity index (χ2v) is 3.69. The summed E-state index contributed by atoms with van der Waals surface area (Å²) in [4.78, 5) is 0. The van der Waals surface area contributed by atoms with E-state index in [-0.39, 0.29) is 5.15 Å². The first-order chi connectivity index (χ1) is 7.18. The highest BCUT2D eigenvalue weighted by Gasteiger charge is 2.06. The van der Waals surface area contributed by atoms with Gasteiger partial charge in [0.15, 0.2) is 5.15 Å². The second kappa shape index (κ2) is 3.87. The molecule has 0 aliphatic heterocycles. The summed E-state index contributed by atoms with van der Waals surface area (Å²) < 4.78 is 0. The van der Waals surface area contributed by atoms with Crippen molar-refractivity contribution in [2.75, 3.05) is 5.73 Å². The zero-order valence-electron chi connectivity index (χ0n) is 8.24. The van der Waals surface area contributed by atoms with Gasteiger partial charge in [0.05, 0.1) is 11.9 Å². The average Bonchev–Trinajstić information content (AvgIpc) is 2.24. The summed E-state index contributed by atoms with van der Waals surface area (Å²) >= 11 is 5.80. The second-order valence-electron chi connectivity index (χ2n) is 3.33. The summed E-state index contributed by atoms with van der Waals surface area (Å²) in [6.45, 7) is 2.03. The highest BCUT2D eigenvalue weighted by molar-refractivity contribution is 6.32. The number of hydrogen-bond acceptors (Lipinski definition) is 3. The van der Waals surface area contributed by atoms with Crippen molar-refractivity contribution >= 4 is 17.3 Å². The van der Waals surface area contributed by atoms with Gasteiger partial charge >= 0.3 is 0 Å². The predicted octanol–water partition coefficient (Wildman–Crippen LogP) is 2.69. The first-order valence-corrected chi connectivity index (χ1v) is 4.90. The van der Waals surface area contributed by atoms with Gasteiger partial charge in [-0.05, 0) is 12.5 Å². The Balaban J connectivity index is 2.54. The van der Waals surface area contributed by atoms with Gasteiger partial charge in [0.25, 0.3) is 0 Å². The van der Waals surface area contributed by atoms with Crippen molar-refractivity contribution in [3.05, 3.63) is 41.2 Å². The highest BCUT2D eigenvalue weighted by Crippen LogP contribution is 2.28. The van der Waals surface area contributed by atoms with E-state index in [2.05, 4.69) is 10.2 Å². The van der Waals surface area contributed by atoms with Crippen LogP contribution in [0.2, 0.25) is 5.15 Å². The number of nitrogens with two attached hydrogens (primary N) is 1. The van der Waals surface area contributed by atoms with Crippen molar-refractivity contribution in [2.45, 2.75) is 6.92 Å². The first kappa shape index (κ1) is 9.93. The molecule has 0 aliphatic carbocycles. The van der Waals surface area contributed by atoms with E-state index in [9.17, 15) is 0 Å². The summed E-state index contributed by atoms with van der Waals surface area (Å²) in [7, 11) is 0. The molecule has 0 atom stereocenters. The summed E-state index contributed by atoms with van der Waals surface area (Å²) in [5, 5.41) is 7.70. The van der Waals surface area contributed by atoms with Gasteiger partial charge in [0, 0.05) is 5.56 Å². The van der Waals surface area contributed by atoms with Gasteiger partial charge in [-0.1, -0.05) is 41.4 Å².